The molecule has 0 fully saturated rings. The zero-order valence-electron chi connectivity index (χ0n) is 14.4. The van der Waals surface area contributed by atoms with Crippen LogP contribution in [0.4, 0.5) is 21.7 Å². The fourth-order valence-electron chi connectivity index (χ4n) is 2.57. The van der Waals surface area contributed by atoms with Gasteiger partial charge in [-0.2, -0.15) is 5.10 Å². The van der Waals surface area contributed by atoms with Crippen LogP contribution >= 0.6 is 0 Å². The van der Waals surface area contributed by atoms with Gasteiger partial charge in [0, 0.05) is 6.20 Å². The van der Waals surface area contributed by atoms with E-state index < -0.39 is 23.7 Å². The lowest BCUT2D eigenvalue weighted by atomic mass is 10.2. The number of halogens is 1. The first kappa shape index (κ1) is 18.1. The van der Waals surface area contributed by atoms with E-state index in [1.165, 1.54) is 6.20 Å². The van der Waals surface area contributed by atoms with Crippen molar-refractivity contribution in [2.75, 3.05) is 10.6 Å². The van der Waals surface area contributed by atoms with Crippen LogP contribution in [-0.4, -0.2) is 32.5 Å². The van der Waals surface area contributed by atoms with Gasteiger partial charge in [-0.3, -0.25) is 9.59 Å². The van der Waals surface area contributed by atoms with Crippen LogP contribution in [0.3, 0.4) is 0 Å². The van der Waals surface area contributed by atoms with Gasteiger partial charge < -0.3 is 22.1 Å². The first-order valence-corrected chi connectivity index (χ1v) is 8.16. The summed E-state index contributed by atoms with van der Waals surface area (Å²) < 4.78 is 16.0. The van der Waals surface area contributed by atoms with Gasteiger partial charge in [-0.05, 0) is 24.6 Å². The normalized spacial score (nSPS) is 11.9. The van der Waals surface area contributed by atoms with Crippen LogP contribution in [0.25, 0.3) is 5.52 Å². The largest absolute Gasteiger partial charge is 0.368 e. The van der Waals surface area contributed by atoms with Crippen molar-refractivity contribution in [3.8, 4) is 0 Å². The third-order valence-corrected chi connectivity index (χ3v) is 3.98. The molecule has 0 unspecified atom stereocenters. The van der Waals surface area contributed by atoms with Crippen molar-refractivity contribution in [2.24, 2.45) is 11.5 Å². The van der Waals surface area contributed by atoms with Crippen molar-refractivity contribution in [1.29, 1.82) is 0 Å². The number of nitrogens with zero attached hydrogens (tertiary/aromatic N) is 3. The van der Waals surface area contributed by atoms with E-state index in [9.17, 15) is 14.0 Å². The van der Waals surface area contributed by atoms with E-state index in [2.05, 4.69) is 20.7 Å². The maximum atomic E-state index is 14.4. The highest BCUT2D eigenvalue weighted by Gasteiger charge is 2.20. The molecular formula is C17H18FN7O2. The Morgan fingerprint density at radius 1 is 1.30 bits per heavy atom. The quantitative estimate of drug-likeness (QED) is 0.495. The summed E-state index contributed by atoms with van der Waals surface area (Å²) in [6.45, 7) is 1.72. The molecular weight excluding hydrogens is 353 g/mol. The maximum Gasteiger partial charge on any atom is 0.252 e. The molecule has 0 saturated heterocycles. The van der Waals surface area contributed by atoms with Crippen molar-refractivity contribution < 1.29 is 14.0 Å². The number of hydrogen-bond donors (Lipinski definition) is 4. The van der Waals surface area contributed by atoms with Crippen LogP contribution in [0.2, 0.25) is 0 Å². The summed E-state index contributed by atoms with van der Waals surface area (Å²) >= 11 is 0. The van der Waals surface area contributed by atoms with Gasteiger partial charge in [0.15, 0.2) is 11.6 Å². The summed E-state index contributed by atoms with van der Waals surface area (Å²) in [7, 11) is 0. The lowest BCUT2D eigenvalue weighted by Gasteiger charge is -2.17. The fraction of sp³-hybridized carbons (Fsp3) is 0.176. The molecule has 0 aromatic carbocycles. The predicted octanol–water partition coefficient (Wildman–Crippen LogP) is 1.39. The SMILES string of the molecule is CC[C@@H](Nc1nc(Nc2cnn3ccccc23)c(C(N)=O)cc1F)C(N)=O. The molecule has 140 valence electrons. The Morgan fingerprint density at radius 3 is 2.74 bits per heavy atom. The van der Waals surface area contributed by atoms with Crippen molar-refractivity contribution in [3.05, 3.63) is 48.0 Å². The number of fused-ring (bicyclic) bond motifs is 1. The molecule has 9 nitrogen and oxygen atoms in total. The lowest BCUT2D eigenvalue weighted by Crippen LogP contribution is -2.35. The van der Waals surface area contributed by atoms with Crippen molar-refractivity contribution in [2.45, 2.75) is 19.4 Å². The number of carbonyl (C=O) groups is 2. The minimum Gasteiger partial charge on any atom is -0.368 e. The molecule has 0 saturated carbocycles. The van der Waals surface area contributed by atoms with Gasteiger partial charge in [0.25, 0.3) is 5.91 Å². The van der Waals surface area contributed by atoms with Gasteiger partial charge in [0.05, 0.1) is 23.0 Å². The molecule has 0 radical (unpaired) electrons. The monoisotopic (exact) mass is 371 g/mol. The Hall–Kier alpha value is -3.69. The minimum absolute atomic E-state index is 0.0319. The van der Waals surface area contributed by atoms with E-state index in [1.807, 2.05) is 18.2 Å². The molecule has 0 bridgehead atoms. The Balaban J connectivity index is 2.03. The van der Waals surface area contributed by atoms with Crippen LogP contribution < -0.4 is 22.1 Å². The lowest BCUT2D eigenvalue weighted by molar-refractivity contribution is -0.118. The number of hydrogen-bond acceptors (Lipinski definition) is 6. The Labute approximate surface area is 153 Å². The molecule has 0 spiro atoms. The Morgan fingerprint density at radius 2 is 2.07 bits per heavy atom. The van der Waals surface area contributed by atoms with E-state index in [1.54, 1.807) is 17.6 Å². The number of aromatic nitrogens is 3. The van der Waals surface area contributed by atoms with Gasteiger partial charge in [0.1, 0.15) is 11.9 Å². The standard InChI is InChI=1S/C17H18FN7O2/c1-2-11(15(20)27)22-17-10(18)7-9(14(19)26)16(24-17)23-12-8-21-25-6-4-3-5-13(12)25/h3-8,11H,2H2,1H3,(H2,19,26)(H2,20,27)(H2,22,23,24)/t11-/m1/s1. The molecule has 3 heterocycles. The zero-order valence-corrected chi connectivity index (χ0v) is 14.4. The van der Waals surface area contributed by atoms with E-state index >= 15 is 0 Å². The van der Waals surface area contributed by atoms with Crippen molar-refractivity contribution in [3.63, 3.8) is 0 Å². The number of pyridine rings is 2. The molecule has 3 aromatic rings. The summed E-state index contributed by atoms with van der Waals surface area (Å²) in [5.74, 6) is -2.51. The van der Waals surface area contributed by atoms with Crippen molar-refractivity contribution in [1.82, 2.24) is 14.6 Å². The number of nitrogens with one attached hydrogen (secondary N) is 2. The van der Waals surface area contributed by atoms with Crippen LogP contribution in [0.15, 0.2) is 36.7 Å². The average Bonchev–Trinajstić information content (AvgIpc) is 3.04. The van der Waals surface area contributed by atoms with Crippen LogP contribution in [-0.2, 0) is 4.79 Å². The summed E-state index contributed by atoms with van der Waals surface area (Å²) in [4.78, 5) is 27.2. The molecule has 6 N–H and O–H groups in total. The topological polar surface area (TPSA) is 140 Å². The molecule has 27 heavy (non-hydrogen) atoms. The third-order valence-electron chi connectivity index (χ3n) is 3.98. The number of nitrogens with two attached hydrogens (primary N) is 2. The summed E-state index contributed by atoms with van der Waals surface area (Å²) in [6.07, 6.45) is 3.63. The van der Waals surface area contributed by atoms with E-state index in [0.29, 0.717) is 12.1 Å². The van der Waals surface area contributed by atoms with E-state index in [-0.39, 0.29) is 17.2 Å². The van der Waals surface area contributed by atoms with Crippen LogP contribution in [0.5, 0.6) is 0 Å². The van der Waals surface area contributed by atoms with Gasteiger partial charge in [-0.1, -0.05) is 13.0 Å². The zero-order chi connectivity index (χ0) is 19.6. The van der Waals surface area contributed by atoms with Gasteiger partial charge >= 0.3 is 0 Å². The van der Waals surface area contributed by atoms with E-state index in [0.717, 1.165) is 11.6 Å². The highest BCUT2D eigenvalue weighted by atomic mass is 19.1. The third kappa shape index (κ3) is 3.64. The molecule has 3 rings (SSSR count). The number of amides is 2. The molecule has 2 amide bonds. The number of primary amides is 2. The van der Waals surface area contributed by atoms with Gasteiger partial charge in [-0.25, -0.2) is 13.9 Å². The Kier molecular flexibility index (Phi) is 4.88. The summed E-state index contributed by atoms with van der Waals surface area (Å²) in [5, 5.41) is 9.77. The molecule has 0 aliphatic heterocycles. The molecule has 0 aliphatic rings. The summed E-state index contributed by atoms with van der Waals surface area (Å²) in [5.41, 5.74) is 11.8. The van der Waals surface area contributed by atoms with Crippen LogP contribution in [0.1, 0.15) is 23.7 Å². The molecule has 0 aliphatic carbocycles. The van der Waals surface area contributed by atoms with Crippen LogP contribution in [0, 0.1) is 5.82 Å². The van der Waals surface area contributed by atoms with E-state index in [4.69, 9.17) is 11.5 Å². The number of rotatable bonds is 7. The Bertz CT molecular complexity index is 1020. The molecule has 1 atom stereocenters. The van der Waals surface area contributed by atoms with Gasteiger partial charge in [0.2, 0.25) is 5.91 Å². The molecule has 3 aromatic heterocycles. The number of anilines is 3. The highest BCUT2D eigenvalue weighted by Crippen LogP contribution is 2.26. The van der Waals surface area contributed by atoms with Gasteiger partial charge in [-0.15, -0.1) is 0 Å². The molecule has 10 heteroatoms. The smallest absolute Gasteiger partial charge is 0.252 e. The fourth-order valence-corrected chi connectivity index (χ4v) is 2.57. The average molecular weight is 371 g/mol. The number of carbonyl (C=O) groups excluding carboxylic acids is 2. The predicted molar refractivity (Wildman–Crippen MR) is 98.1 cm³/mol. The first-order valence-electron chi connectivity index (χ1n) is 8.16. The second kappa shape index (κ2) is 7.28. The second-order valence-electron chi connectivity index (χ2n) is 5.80. The summed E-state index contributed by atoms with van der Waals surface area (Å²) in [6, 6.07) is 5.59. The second-order valence-corrected chi connectivity index (χ2v) is 5.80. The van der Waals surface area contributed by atoms with Crippen molar-refractivity contribution >= 4 is 34.7 Å². The first-order chi connectivity index (χ1) is 12.9. The minimum atomic E-state index is -0.853. The highest BCUT2D eigenvalue weighted by molar-refractivity contribution is 5.99. The maximum absolute atomic E-state index is 14.4.